The van der Waals surface area contributed by atoms with Crippen molar-refractivity contribution in [2.75, 3.05) is 33.0 Å². The smallest absolute Gasteiger partial charge is 0.316 e. The summed E-state index contributed by atoms with van der Waals surface area (Å²) in [5.74, 6) is -2.73. The molecule has 16 nitrogen and oxygen atoms in total. The van der Waals surface area contributed by atoms with Crippen LogP contribution in [0, 0.1) is 84.2 Å². The van der Waals surface area contributed by atoms with Gasteiger partial charge in [0, 0.05) is 69.2 Å². The first-order chi connectivity index (χ1) is 41.4. The summed E-state index contributed by atoms with van der Waals surface area (Å²) in [7, 11) is 0. The summed E-state index contributed by atoms with van der Waals surface area (Å²) in [5.41, 5.74) is -1.89. The summed E-state index contributed by atoms with van der Waals surface area (Å²) < 4.78 is 27.4. The van der Waals surface area contributed by atoms with Crippen LogP contribution in [-0.2, 0) is 66.8 Å². The zero-order valence-corrected chi connectivity index (χ0v) is 59.6. The second kappa shape index (κ2) is 32.7. The van der Waals surface area contributed by atoms with E-state index in [1.807, 2.05) is 20.8 Å². The molecule has 4 fully saturated rings. The molecular weight excluding hydrogens is 1140 g/mol. The van der Waals surface area contributed by atoms with Gasteiger partial charge in [-0.25, -0.2) is 0 Å². The van der Waals surface area contributed by atoms with Gasteiger partial charge in [-0.05, 0) is 190 Å². The van der Waals surface area contributed by atoms with Gasteiger partial charge in [0.1, 0.15) is 30.2 Å². The Bertz CT molecular complexity index is 2460. The molecule has 4 aliphatic carbocycles. The van der Waals surface area contributed by atoms with Crippen LogP contribution in [0.25, 0.3) is 0 Å². The lowest BCUT2D eigenvalue weighted by atomic mass is 9.58. The third-order valence-electron chi connectivity index (χ3n) is 21.3. The summed E-state index contributed by atoms with van der Waals surface area (Å²) in [6.07, 6.45) is 18.2. The minimum Gasteiger partial charge on any atom is -0.481 e. The highest BCUT2D eigenvalue weighted by atomic mass is 16.6. The van der Waals surface area contributed by atoms with E-state index in [0.717, 1.165) is 70.6 Å². The van der Waals surface area contributed by atoms with Crippen LogP contribution in [0.3, 0.4) is 0 Å². The van der Waals surface area contributed by atoms with Crippen LogP contribution in [0.4, 0.5) is 0 Å². The van der Waals surface area contributed by atoms with E-state index in [4.69, 9.17) is 23.7 Å². The monoisotopic (exact) mass is 1270 g/mol. The summed E-state index contributed by atoms with van der Waals surface area (Å²) in [6.45, 7) is 37.1. The van der Waals surface area contributed by atoms with Crippen molar-refractivity contribution in [3.8, 4) is 0 Å². The fourth-order valence-electron chi connectivity index (χ4n) is 18.0. The Hall–Kier alpha value is -4.37. The molecule has 90 heavy (non-hydrogen) atoms. The Morgan fingerprint density at radius 1 is 0.456 bits per heavy atom. The number of hydrogen-bond donors (Lipinski definition) is 2. The van der Waals surface area contributed by atoms with Crippen molar-refractivity contribution >= 4 is 53.3 Å². The lowest BCUT2D eigenvalue weighted by Gasteiger charge is -2.47. The van der Waals surface area contributed by atoms with E-state index in [9.17, 15) is 48.3 Å². The molecule has 0 heterocycles. The highest BCUT2D eigenvalue weighted by molar-refractivity contribution is 5.82. The van der Waals surface area contributed by atoms with E-state index in [0.29, 0.717) is 70.1 Å². The predicted molar refractivity (Wildman–Crippen MR) is 349 cm³/mol. The Morgan fingerprint density at radius 2 is 0.778 bits per heavy atom. The summed E-state index contributed by atoms with van der Waals surface area (Å²) in [5, 5.41) is 12.9. The summed E-state index contributed by atoms with van der Waals surface area (Å²) in [6, 6.07) is -0.138. The van der Waals surface area contributed by atoms with Gasteiger partial charge >= 0.3 is 35.8 Å². The molecule has 16 heteroatoms. The zero-order chi connectivity index (χ0) is 67.9. The van der Waals surface area contributed by atoms with Crippen molar-refractivity contribution in [1.29, 1.82) is 0 Å². The Labute approximate surface area is 543 Å². The molecule has 0 bridgehead atoms. The van der Waals surface area contributed by atoms with E-state index in [2.05, 4.69) is 95.3 Å². The number of carboxylic acids is 1. The summed E-state index contributed by atoms with van der Waals surface area (Å²) >= 11 is 0. The van der Waals surface area contributed by atoms with Crippen LogP contribution in [0.5, 0.6) is 0 Å². The number of carbonyl (C=O) groups is 9. The molecule has 0 aromatic carbocycles. The number of Topliss-reactive ketones (excluding diaryl/α,β-unsaturated/α-hetero) is 2. The molecule has 516 valence electrons. The van der Waals surface area contributed by atoms with Crippen LogP contribution in [0.15, 0.2) is 0 Å². The number of carboxylic acid groups (broad SMARTS) is 1. The van der Waals surface area contributed by atoms with Crippen LogP contribution >= 0.6 is 0 Å². The van der Waals surface area contributed by atoms with Gasteiger partial charge in [-0.3, -0.25) is 43.2 Å². The summed E-state index contributed by atoms with van der Waals surface area (Å²) in [4.78, 5) is 116. The minimum atomic E-state index is -1.57. The molecule has 4 saturated carbocycles. The van der Waals surface area contributed by atoms with Crippen LogP contribution in [-0.4, -0.2) is 97.5 Å². The average molecular weight is 1270 g/mol. The highest BCUT2D eigenvalue weighted by Gasteiger charge is 2.46. The number of hydrogen-bond acceptors (Lipinski definition) is 14. The molecule has 0 aromatic heterocycles. The zero-order valence-electron chi connectivity index (χ0n) is 59.6. The maximum Gasteiger partial charge on any atom is 0.316 e. The fraction of sp³-hybridized carbons (Fsp3) is 0.878. The number of nitrogens with one attached hydrogen (secondary N) is 1. The molecule has 4 rings (SSSR count). The first kappa shape index (κ1) is 78.1. The largest absolute Gasteiger partial charge is 0.481 e. The molecule has 1 amide bonds. The number of esters is 5. The predicted octanol–water partition coefficient (Wildman–Crippen LogP) is 15.5. The van der Waals surface area contributed by atoms with E-state index >= 15 is 0 Å². The number of carbonyl (C=O) groups excluding carboxylic acids is 8. The van der Waals surface area contributed by atoms with Crippen molar-refractivity contribution in [1.82, 2.24) is 5.32 Å². The molecule has 0 saturated heterocycles. The number of aliphatic carboxylic acids is 1. The van der Waals surface area contributed by atoms with Gasteiger partial charge in [0.15, 0.2) is 0 Å². The molecule has 12 atom stereocenters. The Morgan fingerprint density at radius 3 is 1.14 bits per heavy atom. The third-order valence-corrected chi connectivity index (χ3v) is 21.3. The van der Waals surface area contributed by atoms with Crippen molar-refractivity contribution in [3.05, 3.63) is 0 Å². The van der Waals surface area contributed by atoms with Crippen molar-refractivity contribution in [2.24, 2.45) is 84.2 Å². The van der Waals surface area contributed by atoms with Crippen LogP contribution < -0.4 is 5.32 Å². The number of ether oxygens (including phenoxy) is 5. The van der Waals surface area contributed by atoms with E-state index in [1.54, 1.807) is 0 Å². The first-order valence-electron chi connectivity index (χ1n) is 34.7. The molecular formula is C74H125NO15. The highest BCUT2D eigenvalue weighted by Crippen LogP contribution is 2.55. The van der Waals surface area contributed by atoms with Crippen molar-refractivity contribution in [3.63, 3.8) is 0 Å². The SMILES string of the molecule is CCC1CC(C)(C)CC(C)(CCC(=O)OCCC(C)C(=O)CC2CC(C)(C)CC(C)(CCC(=O)OCCC(C)C(=O)CC3CC(C)(C)CC(C)(CCC(=O)OCCC(C)C(=O)NC4CC(C)(C)CC(C)(CCC(=O)OCC(C)(COC(C)=O)C(=O)O)C4)C3)C2)C1. The van der Waals surface area contributed by atoms with E-state index in [-0.39, 0.29) is 147 Å². The lowest BCUT2D eigenvalue weighted by molar-refractivity contribution is -0.165. The second-order valence-corrected chi connectivity index (χ2v) is 34.8. The number of rotatable bonds is 35. The molecule has 2 N–H and O–H groups in total. The third kappa shape index (κ3) is 26.9. The van der Waals surface area contributed by atoms with Gasteiger partial charge < -0.3 is 34.1 Å². The average Bonchev–Trinajstić information content (AvgIpc) is 1.33. The van der Waals surface area contributed by atoms with Crippen LogP contribution in [0.1, 0.15) is 292 Å². The van der Waals surface area contributed by atoms with E-state index in [1.165, 1.54) is 26.7 Å². The van der Waals surface area contributed by atoms with Crippen molar-refractivity contribution < 1.29 is 71.9 Å². The minimum absolute atomic E-state index is 0.0153. The van der Waals surface area contributed by atoms with Crippen LogP contribution in [0.2, 0.25) is 0 Å². The van der Waals surface area contributed by atoms with Gasteiger partial charge in [0.05, 0.1) is 19.8 Å². The van der Waals surface area contributed by atoms with Crippen molar-refractivity contribution in [2.45, 2.75) is 298 Å². The van der Waals surface area contributed by atoms with Gasteiger partial charge in [-0.2, -0.15) is 0 Å². The number of amides is 1. The standard InChI is InChI=1S/C74H125NO15/c1-19-54-36-66(6,7)44-70(14,39-54)27-20-60(79)86-31-24-50(2)58(77)34-55-37-67(8,9)45-71(15,40-55)28-21-61(80)87-32-25-51(3)59(78)35-56-38-68(10,11)46-72(16,41-56)29-22-62(81)88-33-26-52(4)64(83)75-57-42-69(12,13)47-73(17,43-57)30-23-63(82)90-49-74(18,65(84)85)48-89-53(5)76/h50-52,54-57H,19-49H2,1-18H3,(H,75,83)(H,84,85). The first-order valence-corrected chi connectivity index (χ1v) is 34.7. The van der Waals surface area contributed by atoms with Gasteiger partial charge in [0.25, 0.3) is 0 Å². The molecule has 12 unspecified atom stereocenters. The lowest BCUT2D eigenvalue weighted by Crippen LogP contribution is -2.48. The Balaban J connectivity index is 1.13. The maximum atomic E-state index is 13.8. The quantitative estimate of drug-likeness (QED) is 0.0444. The molecule has 0 radical (unpaired) electrons. The Kier molecular flexibility index (Phi) is 28.3. The van der Waals surface area contributed by atoms with E-state index < -0.39 is 42.5 Å². The topological polar surface area (TPSA) is 232 Å². The maximum absolute atomic E-state index is 13.8. The second-order valence-electron chi connectivity index (χ2n) is 34.8. The van der Waals surface area contributed by atoms with Gasteiger partial charge in [0.2, 0.25) is 5.91 Å². The molecule has 0 aliphatic heterocycles. The number of ketones is 2. The molecule has 0 aromatic rings. The van der Waals surface area contributed by atoms with Gasteiger partial charge in [-0.1, -0.05) is 117 Å². The molecule has 0 spiro atoms. The molecule has 4 aliphatic rings. The normalized spacial score (nSPS) is 29.4. The fourth-order valence-corrected chi connectivity index (χ4v) is 18.0. The van der Waals surface area contributed by atoms with Gasteiger partial charge in [-0.15, -0.1) is 0 Å².